The summed E-state index contributed by atoms with van der Waals surface area (Å²) in [5.74, 6) is 0.210. The van der Waals surface area contributed by atoms with Crippen LogP contribution < -0.4 is 0 Å². The Bertz CT molecular complexity index is 422. The fourth-order valence-electron chi connectivity index (χ4n) is 3.19. The van der Waals surface area contributed by atoms with Gasteiger partial charge in [-0.15, -0.1) is 0 Å². The summed E-state index contributed by atoms with van der Waals surface area (Å²) >= 11 is 0. The van der Waals surface area contributed by atoms with E-state index < -0.39 is 0 Å². The lowest BCUT2D eigenvalue weighted by Crippen LogP contribution is -2.66. The Morgan fingerprint density at radius 2 is 2.10 bits per heavy atom. The van der Waals surface area contributed by atoms with Gasteiger partial charge in [0.15, 0.2) is 0 Å². The summed E-state index contributed by atoms with van der Waals surface area (Å²) < 4.78 is 5.49. The maximum atomic E-state index is 12.7. The second-order valence-electron chi connectivity index (χ2n) is 6.01. The van der Waals surface area contributed by atoms with Gasteiger partial charge in [0.05, 0.1) is 13.2 Å². The molecule has 0 N–H and O–H groups in total. The van der Waals surface area contributed by atoms with Crippen molar-refractivity contribution in [2.75, 3.05) is 26.3 Å². The Kier molecular flexibility index (Phi) is 5.39. The molecule has 0 aromatic heterocycles. The molecule has 2 amide bonds. The largest absolute Gasteiger partial charge is 0.375 e. The highest BCUT2D eigenvalue weighted by atomic mass is 16.5. The number of nitrogens with zero attached hydrogens (tertiary/aromatic N) is 2. The van der Waals surface area contributed by atoms with Crippen molar-refractivity contribution < 1.29 is 14.3 Å². The number of ether oxygens (including phenoxy) is 1. The van der Waals surface area contributed by atoms with E-state index in [9.17, 15) is 9.59 Å². The zero-order chi connectivity index (χ0) is 15.4. The van der Waals surface area contributed by atoms with Crippen LogP contribution >= 0.6 is 0 Å². The van der Waals surface area contributed by atoms with Gasteiger partial charge in [-0.2, -0.15) is 0 Å². The van der Waals surface area contributed by atoms with Gasteiger partial charge in [-0.3, -0.25) is 9.59 Å². The summed E-state index contributed by atoms with van der Waals surface area (Å²) in [5.41, 5.74) is 0.960. The van der Waals surface area contributed by atoms with Crippen LogP contribution in [0.25, 0.3) is 0 Å². The second-order valence-corrected chi connectivity index (χ2v) is 6.01. The standard InChI is InChI=1S/C16H26N2O3/c1-4-13-15(19)17-8-6-5-7-14(17)16(20)18(13)9-10-21-11-12(2)3/h13-14H,2,4-11H2,1,3H3. The van der Waals surface area contributed by atoms with Gasteiger partial charge >= 0.3 is 0 Å². The molecule has 2 aliphatic rings. The fourth-order valence-corrected chi connectivity index (χ4v) is 3.19. The Labute approximate surface area is 126 Å². The van der Waals surface area contributed by atoms with Crippen molar-refractivity contribution in [2.24, 2.45) is 0 Å². The van der Waals surface area contributed by atoms with Gasteiger partial charge in [0.25, 0.3) is 0 Å². The molecule has 5 nitrogen and oxygen atoms in total. The first kappa shape index (κ1) is 16.0. The van der Waals surface area contributed by atoms with Gasteiger partial charge in [0.1, 0.15) is 12.1 Å². The molecule has 0 radical (unpaired) electrons. The zero-order valence-electron chi connectivity index (χ0n) is 13.1. The summed E-state index contributed by atoms with van der Waals surface area (Å²) in [7, 11) is 0. The van der Waals surface area contributed by atoms with Crippen molar-refractivity contribution in [1.82, 2.24) is 9.80 Å². The lowest BCUT2D eigenvalue weighted by Gasteiger charge is -2.46. The van der Waals surface area contributed by atoms with Gasteiger partial charge < -0.3 is 14.5 Å². The molecule has 2 unspecified atom stereocenters. The lowest BCUT2D eigenvalue weighted by atomic mass is 9.94. The van der Waals surface area contributed by atoms with E-state index in [4.69, 9.17) is 4.74 Å². The molecule has 0 saturated carbocycles. The first-order chi connectivity index (χ1) is 10.1. The first-order valence-electron chi connectivity index (χ1n) is 7.89. The predicted molar refractivity (Wildman–Crippen MR) is 80.8 cm³/mol. The average molecular weight is 294 g/mol. The van der Waals surface area contributed by atoms with Crippen LogP contribution in [0, 0.1) is 0 Å². The molecule has 118 valence electrons. The van der Waals surface area contributed by atoms with Crippen LogP contribution in [-0.2, 0) is 14.3 Å². The van der Waals surface area contributed by atoms with Gasteiger partial charge in [-0.1, -0.05) is 19.1 Å². The number of piperazine rings is 1. The maximum Gasteiger partial charge on any atom is 0.246 e. The highest BCUT2D eigenvalue weighted by Gasteiger charge is 2.45. The summed E-state index contributed by atoms with van der Waals surface area (Å²) in [6, 6.07) is -0.560. The molecule has 2 atom stereocenters. The van der Waals surface area contributed by atoms with E-state index in [1.165, 1.54) is 0 Å². The third-order valence-corrected chi connectivity index (χ3v) is 4.23. The first-order valence-corrected chi connectivity index (χ1v) is 7.89. The van der Waals surface area contributed by atoms with E-state index in [0.717, 1.165) is 31.4 Å². The van der Waals surface area contributed by atoms with Crippen LogP contribution in [0.15, 0.2) is 12.2 Å². The topological polar surface area (TPSA) is 49.9 Å². The normalized spacial score (nSPS) is 26.0. The van der Waals surface area contributed by atoms with Crippen molar-refractivity contribution in [3.8, 4) is 0 Å². The van der Waals surface area contributed by atoms with Crippen molar-refractivity contribution in [2.45, 2.75) is 51.6 Å². The average Bonchev–Trinajstić information content (AvgIpc) is 2.48. The summed E-state index contributed by atoms with van der Waals surface area (Å²) in [4.78, 5) is 28.8. The highest BCUT2D eigenvalue weighted by Crippen LogP contribution is 2.27. The Hall–Kier alpha value is -1.36. The van der Waals surface area contributed by atoms with Crippen LogP contribution in [0.4, 0.5) is 0 Å². The third kappa shape index (κ3) is 3.46. The molecule has 0 bridgehead atoms. The number of hydrogen-bond donors (Lipinski definition) is 0. The van der Waals surface area contributed by atoms with E-state index in [-0.39, 0.29) is 23.9 Å². The summed E-state index contributed by atoms with van der Waals surface area (Å²) in [6.45, 7) is 9.82. The number of carbonyl (C=O) groups is 2. The van der Waals surface area contributed by atoms with E-state index in [0.29, 0.717) is 26.2 Å². The molecule has 2 rings (SSSR count). The minimum absolute atomic E-state index is 0.0973. The van der Waals surface area contributed by atoms with E-state index in [2.05, 4.69) is 6.58 Å². The highest BCUT2D eigenvalue weighted by molar-refractivity contribution is 5.97. The van der Waals surface area contributed by atoms with Crippen LogP contribution in [0.5, 0.6) is 0 Å². The Morgan fingerprint density at radius 3 is 2.76 bits per heavy atom. The molecule has 2 aliphatic heterocycles. The van der Waals surface area contributed by atoms with Crippen LogP contribution in [0.1, 0.15) is 39.5 Å². The van der Waals surface area contributed by atoms with Gasteiger partial charge in [-0.25, -0.2) is 0 Å². The van der Waals surface area contributed by atoms with Gasteiger partial charge in [0, 0.05) is 13.1 Å². The molecule has 0 aromatic rings. The molecular formula is C16H26N2O3. The fraction of sp³-hybridized carbons (Fsp3) is 0.750. The van der Waals surface area contributed by atoms with E-state index in [1.54, 1.807) is 9.80 Å². The molecule has 2 fully saturated rings. The lowest BCUT2D eigenvalue weighted by molar-refractivity contribution is -0.164. The molecule has 0 spiro atoms. The number of rotatable bonds is 6. The molecule has 0 aliphatic carbocycles. The number of piperidine rings is 1. The molecule has 0 aromatic carbocycles. The van der Waals surface area contributed by atoms with Crippen LogP contribution in [-0.4, -0.2) is 60.0 Å². The molecule has 2 saturated heterocycles. The minimum Gasteiger partial charge on any atom is -0.375 e. The minimum atomic E-state index is -0.319. The molecular weight excluding hydrogens is 268 g/mol. The number of carbonyl (C=O) groups excluding carboxylic acids is 2. The quantitative estimate of drug-likeness (QED) is 0.552. The van der Waals surface area contributed by atoms with Crippen molar-refractivity contribution in [3.05, 3.63) is 12.2 Å². The third-order valence-electron chi connectivity index (χ3n) is 4.23. The van der Waals surface area contributed by atoms with Gasteiger partial charge in [0.2, 0.25) is 11.8 Å². The van der Waals surface area contributed by atoms with Crippen LogP contribution in [0.2, 0.25) is 0 Å². The van der Waals surface area contributed by atoms with Crippen molar-refractivity contribution >= 4 is 11.8 Å². The second kappa shape index (κ2) is 7.07. The van der Waals surface area contributed by atoms with Crippen molar-refractivity contribution in [3.63, 3.8) is 0 Å². The smallest absolute Gasteiger partial charge is 0.246 e. The van der Waals surface area contributed by atoms with Crippen LogP contribution in [0.3, 0.4) is 0 Å². The Balaban J connectivity index is 2.01. The van der Waals surface area contributed by atoms with Gasteiger partial charge in [-0.05, 0) is 32.6 Å². The SMILES string of the molecule is C=C(C)COCCN1C(=O)C2CCCCN2C(=O)C1CC. The van der Waals surface area contributed by atoms with Crippen molar-refractivity contribution in [1.29, 1.82) is 0 Å². The molecule has 21 heavy (non-hydrogen) atoms. The summed E-state index contributed by atoms with van der Waals surface area (Å²) in [6.07, 6.45) is 3.49. The van der Waals surface area contributed by atoms with E-state index in [1.807, 2.05) is 13.8 Å². The number of amides is 2. The molecule has 2 heterocycles. The van der Waals surface area contributed by atoms with E-state index >= 15 is 0 Å². The number of hydrogen-bond acceptors (Lipinski definition) is 3. The Morgan fingerprint density at radius 1 is 1.33 bits per heavy atom. The monoisotopic (exact) mass is 294 g/mol. The number of fused-ring (bicyclic) bond motifs is 1. The molecule has 5 heteroatoms. The summed E-state index contributed by atoms with van der Waals surface area (Å²) in [5, 5.41) is 0. The maximum absolute atomic E-state index is 12.7. The predicted octanol–water partition coefficient (Wildman–Crippen LogP) is 1.58. The zero-order valence-corrected chi connectivity index (χ0v) is 13.1.